The third-order valence-corrected chi connectivity index (χ3v) is 4.64. The van der Waals surface area contributed by atoms with Crippen LogP contribution in [0.5, 0.6) is 5.75 Å². The van der Waals surface area contributed by atoms with Crippen LogP contribution in [0.1, 0.15) is 18.1 Å². The number of pyridine rings is 1. The van der Waals surface area contributed by atoms with Crippen molar-refractivity contribution < 1.29 is 9.53 Å². The summed E-state index contributed by atoms with van der Waals surface area (Å²) in [4.78, 5) is 17.1. The molecule has 1 amide bonds. The summed E-state index contributed by atoms with van der Waals surface area (Å²) in [7, 11) is 0. The van der Waals surface area contributed by atoms with Crippen LogP contribution in [0.3, 0.4) is 0 Å². The minimum absolute atomic E-state index is 0.0584. The summed E-state index contributed by atoms with van der Waals surface area (Å²) in [6.07, 6.45) is 4.36. The smallest absolute Gasteiger partial charge is 0.228 e. The van der Waals surface area contributed by atoms with E-state index in [4.69, 9.17) is 4.74 Å². The topological polar surface area (TPSA) is 55.6 Å². The van der Waals surface area contributed by atoms with Gasteiger partial charge in [0.2, 0.25) is 5.91 Å². The molecular weight excluding hydrogens is 362 g/mol. The second-order valence-electron chi connectivity index (χ2n) is 6.98. The Hall–Kier alpha value is -3.60. The van der Waals surface area contributed by atoms with E-state index in [0.29, 0.717) is 13.0 Å². The number of carbonyl (C=O) groups is 1. The molecule has 4 rings (SSSR count). The van der Waals surface area contributed by atoms with Crippen LogP contribution in [0.2, 0.25) is 0 Å². The second kappa shape index (κ2) is 8.19. The molecule has 0 spiro atoms. The summed E-state index contributed by atoms with van der Waals surface area (Å²) in [5, 5.41) is 2.98. The maximum atomic E-state index is 12.5. The zero-order valence-electron chi connectivity index (χ0n) is 16.6. The van der Waals surface area contributed by atoms with Crippen molar-refractivity contribution in [3.05, 3.63) is 84.2 Å². The van der Waals surface area contributed by atoms with Gasteiger partial charge in [0, 0.05) is 23.6 Å². The first kappa shape index (κ1) is 18.7. The summed E-state index contributed by atoms with van der Waals surface area (Å²) in [6, 6.07) is 19.4. The lowest BCUT2D eigenvalue weighted by molar-refractivity contribution is -0.115. The van der Waals surface area contributed by atoms with Gasteiger partial charge >= 0.3 is 0 Å². The van der Waals surface area contributed by atoms with Crippen LogP contribution in [0.4, 0.5) is 5.69 Å². The highest BCUT2D eigenvalue weighted by atomic mass is 16.5. The fraction of sp³-hybridized carbons (Fsp3) is 0.167. The van der Waals surface area contributed by atoms with Gasteiger partial charge in [0.1, 0.15) is 11.4 Å². The Morgan fingerprint density at radius 1 is 1.07 bits per heavy atom. The van der Waals surface area contributed by atoms with Gasteiger partial charge in [0.25, 0.3) is 0 Å². The van der Waals surface area contributed by atoms with Gasteiger partial charge in [-0.2, -0.15) is 0 Å². The zero-order valence-corrected chi connectivity index (χ0v) is 16.6. The molecule has 2 aromatic carbocycles. The molecule has 1 N–H and O–H groups in total. The van der Waals surface area contributed by atoms with Crippen molar-refractivity contribution in [2.45, 2.75) is 20.3 Å². The Morgan fingerprint density at radius 2 is 1.90 bits per heavy atom. The van der Waals surface area contributed by atoms with Crippen LogP contribution in [-0.2, 0) is 11.2 Å². The number of amides is 1. The van der Waals surface area contributed by atoms with Gasteiger partial charge in [-0.25, -0.2) is 4.98 Å². The van der Waals surface area contributed by atoms with E-state index in [0.717, 1.165) is 33.9 Å². The number of nitrogens with one attached hydrogen (secondary N) is 1. The average Bonchev–Trinajstić information content (AvgIpc) is 3.13. The number of carbonyl (C=O) groups excluding carboxylic acids is 1. The highest BCUT2D eigenvalue weighted by Gasteiger charge is 2.08. The van der Waals surface area contributed by atoms with Crippen LogP contribution < -0.4 is 10.1 Å². The predicted molar refractivity (Wildman–Crippen MR) is 115 cm³/mol. The molecular formula is C24H23N3O2. The third-order valence-electron chi connectivity index (χ3n) is 4.64. The van der Waals surface area contributed by atoms with Crippen molar-refractivity contribution in [2.24, 2.45) is 0 Å². The Balaban J connectivity index is 1.47. The highest BCUT2D eigenvalue weighted by molar-refractivity contribution is 5.92. The average molecular weight is 385 g/mol. The molecule has 0 atom stereocenters. The number of benzene rings is 2. The molecule has 2 aromatic heterocycles. The number of hydrogen-bond donors (Lipinski definition) is 1. The molecule has 2 heterocycles. The Labute approximate surface area is 170 Å². The van der Waals surface area contributed by atoms with E-state index in [1.807, 2.05) is 84.4 Å². The quantitative estimate of drug-likeness (QED) is 0.514. The second-order valence-corrected chi connectivity index (χ2v) is 6.98. The van der Waals surface area contributed by atoms with Gasteiger partial charge in [-0.05, 0) is 55.3 Å². The monoisotopic (exact) mass is 385 g/mol. The van der Waals surface area contributed by atoms with Crippen molar-refractivity contribution in [1.82, 2.24) is 9.38 Å². The molecule has 0 fully saturated rings. The summed E-state index contributed by atoms with van der Waals surface area (Å²) >= 11 is 0. The maximum absolute atomic E-state index is 12.5. The largest absolute Gasteiger partial charge is 0.494 e. The van der Waals surface area contributed by atoms with Gasteiger partial charge < -0.3 is 14.5 Å². The van der Waals surface area contributed by atoms with Gasteiger partial charge in [-0.1, -0.05) is 30.3 Å². The minimum atomic E-state index is -0.0584. The van der Waals surface area contributed by atoms with Crippen molar-refractivity contribution in [2.75, 3.05) is 11.9 Å². The Kier molecular flexibility index (Phi) is 5.29. The van der Waals surface area contributed by atoms with Crippen molar-refractivity contribution in [1.29, 1.82) is 0 Å². The molecule has 0 aliphatic carbocycles. The number of nitrogens with zero attached hydrogens (tertiary/aromatic N) is 2. The highest BCUT2D eigenvalue weighted by Crippen LogP contribution is 2.23. The molecule has 0 bridgehead atoms. The number of ether oxygens (including phenoxy) is 1. The van der Waals surface area contributed by atoms with Crippen molar-refractivity contribution in [3.63, 3.8) is 0 Å². The molecule has 4 aromatic rings. The molecule has 5 heteroatoms. The summed E-state index contributed by atoms with van der Waals surface area (Å²) in [5.41, 5.74) is 5.61. The molecule has 5 nitrogen and oxygen atoms in total. The van der Waals surface area contributed by atoms with E-state index in [1.165, 1.54) is 5.56 Å². The van der Waals surface area contributed by atoms with Crippen molar-refractivity contribution in [3.8, 4) is 17.0 Å². The van der Waals surface area contributed by atoms with Crippen LogP contribution >= 0.6 is 0 Å². The fourth-order valence-corrected chi connectivity index (χ4v) is 3.26. The van der Waals surface area contributed by atoms with Gasteiger partial charge in [-0.15, -0.1) is 0 Å². The van der Waals surface area contributed by atoms with Crippen LogP contribution in [0.25, 0.3) is 16.9 Å². The SMILES string of the molecule is CCOc1ccc(CC(=O)Nc2cccc(-c3cn4cc(C)ccc4n3)c2)cc1. The molecule has 0 saturated heterocycles. The first-order valence-corrected chi connectivity index (χ1v) is 9.68. The van der Waals surface area contributed by atoms with E-state index in [2.05, 4.69) is 17.2 Å². The first-order chi connectivity index (χ1) is 14.1. The molecule has 0 saturated carbocycles. The number of rotatable bonds is 6. The minimum Gasteiger partial charge on any atom is -0.494 e. The maximum Gasteiger partial charge on any atom is 0.228 e. The number of imidazole rings is 1. The van der Waals surface area contributed by atoms with Gasteiger partial charge in [0.15, 0.2) is 0 Å². The first-order valence-electron chi connectivity index (χ1n) is 9.68. The lowest BCUT2D eigenvalue weighted by atomic mass is 10.1. The Bertz CT molecular complexity index is 1150. The van der Waals surface area contributed by atoms with E-state index in [9.17, 15) is 4.79 Å². The third kappa shape index (κ3) is 4.46. The zero-order chi connectivity index (χ0) is 20.2. The lowest BCUT2D eigenvalue weighted by Crippen LogP contribution is -2.14. The van der Waals surface area contributed by atoms with E-state index in [1.54, 1.807) is 0 Å². The Morgan fingerprint density at radius 3 is 2.69 bits per heavy atom. The van der Waals surface area contributed by atoms with Gasteiger partial charge in [-0.3, -0.25) is 4.79 Å². The summed E-state index contributed by atoms with van der Waals surface area (Å²) < 4.78 is 7.45. The number of fused-ring (bicyclic) bond motifs is 1. The molecule has 146 valence electrons. The summed E-state index contributed by atoms with van der Waals surface area (Å²) in [6.45, 7) is 4.63. The molecule has 0 unspecified atom stereocenters. The standard InChI is InChI=1S/C24H23N3O2/c1-3-29-21-10-8-18(9-11-21)13-24(28)25-20-6-4-5-19(14-20)22-16-27-15-17(2)7-12-23(27)26-22/h4-12,14-16H,3,13H2,1-2H3,(H,25,28). The van der Waals surface area contributed by atoms with Crippen molar-refractivity contribution >= 4 is 17.2 Å². The molecule has 0 aliphatic heterocycles. The number of anilines is 1. The number of hydrogen-bond acceptors (Lipinski definition) is 3. The number of aromatic nitrogens is 2. The van der Waals surface area contributed by atoms with E-state index in [-0.39, 0.29) is 5.91 Å². The van der Waals surface area contributed by atoms with Crippen LogP contribution in [0, 0.1) is 6.92 Å². The lowest BCUT2D eigenvalue weighted by Gasteiger charge is -2.08. The normalized spacial score (nSPS) is 10.8. The van der Waals surface area contributed by atoms with E-state index >= 15 is 0 Å². The summed E-state index contributed by atoms with van der Waals surface area (Å²) in [5.74, 6) is 0.754. The number of aryl methyl sites for hydroxylation is 1. The molecule has 29 heavy (non-hydrogen) atoms. The van der Waals surface area contributed by atoms with Gasteiger partial charge in [0.05, 0.1) is 18.7 Å². The van der Waals surface area contributed by atoms with Crippen LogP contribution in [0.15, 0.2) is 73.1 Å². The fourth-order valence-electron chi connectivity index (χ4n) is 3.26. The van der Waals surface area contributed by atoms with E-state index < -0.39 is 0 Å². The molecule has 0 aliphatic rings. The molecule has 0 radical (unpaired) electrons. The predicted octanol–water partition coefficient (Wildman–Crippen LogP) is 4.89. The van der Waals surface area contributed by atoms with Crippen LogP contribution in [-0.4, -0.2) is 21.9 Å².